The van der Waals surface area contributed by atoms with Crippen molar-refractivity contribution in [2.75, 3.05) is 0 Å². The second kappa shape index (κ2) is 2.72. The Bertz CT molecular complexity index is 73.0. The van der Waals surface area contributed by atoms with Crippen LogP contribution in [-0.4, -0.2) is 7.17 Å². The molecular weight excluding hydrogens is 340 g/mol. The standard InChI is InChI=1S/C2BrCl2F2I/c3-1(4,6)2(5,7)8. The van der Waals surface area contributed by atoms with Crippen molar-refractivity contribution in [3.8, 4) is 0 Å². The number of alkyl halides is 6. The molecule has 0 saturated carbocycles. The minimum atomic E-state index is -2.69. The average Bonchev–Trinajstić information content (AvgIpc) is 1.25. The van der Waals surface area contributed by atoms with Crippen LogP contribution in [0.15, 0.2) is 0 Å². The molecule has 0 saturated heterocycles. The van der Waals surface area contributed by atoms with Gasteiger partial charge in [0.2, 0.25) is 0 Å². The van der Waals surface area contributed by atoms with Gasteiger partial charge in [0.25, 0.3) is 7.17 Å². The molecule has 0 bridgehead atoms. The lowest BCUT2D eigenvalue weighted by atomic mass is 10.8. The van der Waals surface area contributed by atoms with Crippen molar-refractivity contribution in [2.24, 2.45) is 0 Å². The Morgan fingerprint density at radius 2 is 1.50 bits per heavy atom. The van der Waals surface area contributed by atoms with Gasteiger partial charge in [0, 0.05) is 0 Å². The minimum Gasteiger partial charge on any atom is -0.208 e. The van der Waals surface area contributed by atoms with E-state index in [1.165, 1.54) is 0 Å². The van der Waals surface area contributed by atoms with Crippen LogP contribution >= 0.6 is 61.7 Å². The molecule has 0 aliphatic heterocycles. The number of hydrogen-bond acceptors (Lipinski definition) is 0. The van der Waals surface area contributed by atoms with E-state index in [1.807, 2.05) is 0 Å². The Balaban J connectivity index is 4.02. The summed E-state index contributed by atoms with van der Waals surface area (Å²) >= 11 is 12.7. The molecule has 0 aromatic carbocycles. The van der Waals surface area contributed by atoms with Crippen LogP contribution < -0.4 is 0 Å². The van der Waals surface area contributed by atoms with Crippen molar-refractivity contribution in [1.29, 1.82) is 0 Å². The van der Waals surface area contributed by atoms with Crippen LogP contribution in [0.25, 0.3) is 0 Å². The molecule has 0 spiro atoms. The fraction of sp³-hybridized carbons (Fsp3) is 1.00. The van der Waals surface area contributed by atoms with E-state index in [2.05, 4.69) is 15.9 Å². The maximum Gasteiger partial charge on any atom is 0.294 e. The van der Waals surface area contributed by atoms with Gasteiger partial charge in [-0.15, -0.1) is 0 Å². The molecule has 0 radical (unpaired) electrons. The molecule has 0 amide bonds. The van der Waals surface area contributed by atoms with Gasteiger partial charge in [-0.05, 0) is 38.5 Å². The molecule has 6 heteroatoms. The molecule has 0 heterocycles. The van der Waals surface area contributed by atoms with Crippen LogP contribution in [0, 0.1) is 0 Å². The summed E-state index contributed by atoms with van der Waals surface area (Å²) in [7, 11) is 0. The van der Waals surface area contributed by atoms with Crippen LogP contribution in [0.5, 0.6) is 0 Å². The fourth-order valence-electron chi connectivity index (χ4n) is 0. The highest BCUT2D eigenvalue weighted by Crippen LogP contribution is 2.47. The lowest BCUT2D eigenvalue weighted by molar-refractivity contribution is 0.268. The molecule has 0 aromatic rings. The van der Waals surface area contributed by atoms with Gasteiger partial charge in [-0.1, -0.05) is 23.2 Å². The monoisotopic (exact) mass is 338 g/mol. The Morgan fingerprint density at radius 3 is 1.50 bits per heavy atom. The Labute approximate surface area is 77.2 Å². The van der Waals surface area contributed by atoms with Crippen LogP contribution in [0.1, 0.15) is 0 Å². The normalized spacial score (nSPS) is 26.2. The van der Waals surface area contributed by atoms with Crippen molar-refractivity contribution >= 4 is 61.7 Å². The molecule has 0 aliphatic carbocycles. The molecule has 0 nitrogen and oxygen atoms in total. The van der Waals surface area contributed by atoms with Gasteiger partial charge in [-0.25, -0.2) is 8.78 Å². The number of rotatable bonds is 1. The first-order chi connectivity index (χ1) is 3.25. The van der Waals surface area contributed by atoms with Crippen LogP contribution in [0.3, 0.4) is 0 Å². The second-order valence-corrected chi connectivity index (χ2v) is 5.71. The zero-order valence-electron chi connectivity index (χ0n) is 3.27. The van der Waals surface area contributed by atoms with Gasteiger partial charge in [-0.3, -0.25) is 0 Å². The number of halogens is 6. The van der Waals surface area contributed by atoms with Gasteiger partial charge in [0.15, 0.2) is 0 Å². The second-order valence-electron chi connectivity index (χ2n) is 0.996. The van der Waals surface area contributed by atoms with E-state index in [1.54, 1.807) is 0 Å². The maximum absolute atomic E-state index is 12.1. The van der Waals surface area contributed by atoms with Gasteiger partial charge in [0.1, 0.15) is 0 Å². The summed E-state index contributed by atoms with van der Waals surface area (Å²) in [5, 5.41) is 0. The third kappa shape index (κ3) is 2.98. The maximum atomic E-state index is 12.1. The summed E-state index contributed by atoms with van der Waals surface area (Å²) < 4.78 is 18.9. The van der Waals surface area contributed by atoms with E-state index < -0.39 is 7.17 Å². The van der Waals surface area contributed by atoms with Crippen molar-refractivity contribution in [3.63, 3.8) is 0 Å². The predicted octanol–water partition coefficient (Wildman–Crippen LogP) is 3.54. The Morgan fingerprint density at radius 1 is 1.38 bits per heavy atom. The van der Waals surface area contributed by atoms with E-state index in [0.717, 1.165) is 22.6 Å². The van der Waals surface area contributed by atoms with E-state index in [9.17, 15) is 8.78 Å². The van der Waals surface area contributed by atoms with Gasteiger partial charge >= 0.3 is 0 Å². The zero-order valence-corrected chi connectivity index (χ0v) is 8.52. The summed E-state index contributed by atoms with van der Waals surface area (Å²) in [4.78, 5) is 0. The van der Waals surface area contributed by atoms with Gasteiger partial charge < -0.3 is 0 Å². The average molecular weight is 340 g/mol. The fourth-order valence-corrected chi connectivity index (χ4v) is 0. The molecular formula is C2BrCl2F2I. The van der Waals surface area contributed by atoms with E-state index >= 15 is 0 Å². The summed E-state index contributed by atoms with van der Waals surface area (Å²) in [6.45, 7) is 0. The third-order valence-corrected chi connectivity index (χ3v) is 3.52. The highest BCUT2D eigenvalue weighted by Gasteiger charge is 2.47. The van der Waals surface area contributed by atoms with E-state index in [4.69, 9.17) is 23.2 Å². The SMILES string of the molecule is FC(Cl)(Br)C(F)(Cl)I. The molecule has 0 N–H and O–H groups in total. The first-order valence-corrected chi connectivity index (χ1v) is 4.01. The van der Waals surface area contributed by atoms with Crippen LogP contribution in [0.4, 0.5) is 8.78 Å². The molecule has 0 rings (SSSR count). The lowest BCUT2D eigenvalue weighted by Gasteiger charge is -2.16. The van der Waals surface area contributed by atoms with Crippen LogP contribution in [-0.2, 0) is 0 Å². The van der Waals surface area contributed by atoms with Gasteiger partial charge in [0.05, 0.1) is 0 Å². The molecule has 50 valence electrons. The topological polar surface area (TPSA) is 0 Å². The third-order valence-electron chi connectivity index (χ3n) is 0.321. The zero-order chi connectivity index (χ0) is 7.00. The van der Waals surface area contributed by atoms with E-state index in [0.29, 0.717) is 0 Å². The summed E-state index contributed by atoms with van der Waals surface area (Å²) in [5.74, 6) is 0. The van der Waals surface area contributed by atoms with Crippen molar-refractivity contribution in [3.05, 3.63) is 0 Å². The molecule has 2 atom stereocenters. The minimum absolute atomic E-state index is 1.03. The smallest absolute Gasteiger partial charge is 0.208 e. The largest absolute Gasteiger partial charge is 0.294 e. The summed E-state index contributed by atoms with van der Waals surface area (Å²) in [5.41, 5.74) is 0. The Hall–Kier alpha value is 1.65. The first kappa shape index (κ1) is 9.65. The Kier molecular flexibility index (Phi) is 3.28. The molecule has 0 aliphatic rings. The van der Waals surface area contributed by atoms with E-state index in [-0.39, 0.29) is 0 Å². The molecule has 8 heavy (non-hydrogen) atoms. The summed E-state index contributed by atoms with van der Waals surface area (Å²) in [6.07, 6.45) is 0. The highest BCUT2D eigenvalue weighted by atomic mass is 127. The highest BCUT2D eigenvalue weighted by molar-refractivity contribution is 14.1. The van der Waals surface area contributed by atoms with Crippen LogP contribution in [0.2, 0.25) is 0 Å². The quantitative estimate of drug-likeness (QED) is 0.506. The van der Waals surface area contributed by atoms with Crippen molar-refractivity contribution in [2.45, 2.75) is 7.17 Å². The van der Waals surface area contributed by atoms with Gasteiger partial charge in [-0.2, -0.15) is 0 Å². The summed E-state index contributed by atoms with van der Waals surface area (Å²) in [6, 6.07) is 0. The molecule has 0 fully saturated rings. The van der Waals surface area contributed by atoms with Crippen molar-refractivity contribution in [1.82, 2.24) is 0 Å². The van der Waals surface area contributed by atoms with Crippen molar-refractivity contribution < 1.29 is 8.78 Å². The lowest BCUT2D eigenvalue weighted by Crippen LogP contribution is -2.24. The predicted molar refractivity (Wildman–Crippen MR) is 42.3 cm³/mol. The first-order valence-electron chi connectivity index (χ1n) is 1.38. The number of hydrogen-bond donors (Lipinski definition) is 0. The molecule has 2 unspecified atom stereocenters. The molecule has 0 aromatic heterocycles.